The van der Waals surface area contributed by atoms with E-state index in [1.807, 2.05) is 0 Å². The Morgan fingerprint density at radius 3 is 2.56 bits per heavy atom. The number of carbonyl (C=O) groups is 2. The zero-order chi connectivity index (χ0) is 12.1. The van der Waals surface area contributed by atoms with Crippen LogP contribution in [0.1, 0.15) is 6.92 Å². The molecule has 0 saturated carbocycles. The van der Waals surface area contributed by atoms with Crippen molar-refractivity contribution in [3.05, 3.63) is 11.3 Å². The first kappa shape index (κ1) is 12.5. The van der Waals surface area contributed by atoms with Crippen LogP contribution in [0.15, 0.2) is 11.3 Å². The molecule has 1 heterocycles. The second-order valence-electron chi connectivity index (χ2n) is 2.98. The fraction of sp³-hybridized carbons (Fsp3) is 0.600. The Bertz CT molecular complexity index is 319. The second-order valence-corrected chi connectivity index (χ2v) is 2.98. The lowest BCUT2D eigenvalue weighted by Crippen LogP contribution is -2.28. The minimum atomic E-state index is -1.06. The van der Waals surface area contributed by atoms with E-state index in [0.29, 0.717) is 12.4 Å². The third-order valence-corrected chi connectivity index (χ3v) is 2.08. The Hall–Kier alpha value is -1.56. The zero-order valence-electron chi connectivity index (χ0n) is 9.44. The van der Waals surface area contributed by atoms with Crippen molar-refractivity contribution >= 4 is 11.9 Å². The standard InChI is InChI=1S/C10H14O6/c1-4-15-6-5-16-8(10(12)14-3)7(6)9(11)13-2/h8H,4-5H2,1-3H3/t8-/m1/s1. The number of ether oxygens (including phenoxy) is 4. The van der Waals surface area contributed by atoms with Gasteiger partial charge in [0, 0.05) is 0 Å². The predicted octanol–water partition coefficient (Wildman–Crippen LogP) is 0.0218. The average molecular weight is 230 g/mol. The van der Waals surface area contributed by atoms with Gasteiger partial charge in [-0.2, -0.15) is 0 Å². The Labute approximate surface area is 93.1 Å². The second kappa shape index (κ2) is 5.50. The number of esters is 2. The first-order valence-electron chi connectivity index (χ1n) is 4.79. The lowest BCUT2D eigenvalue weighted by molar-refractivity contribution is -0.152. The van der Waals surface area contributed by atoms with E-state index in [9.17, 15) is 9.59 Å². The number of carbonyl (C=O) groups excluding carboxylic acids is 2. The third kappa shape index (κ3) is 2.33. The van der Waals surface area contributed by atoms with Gasteiger partial charge in [0.05, 0.1) is 20.8 Å². The molecule has 0 amide bonds. The Kier molecular flexibility index (Phi) is 4.30. The van der Waals surface area contributed by atoms with Gasteiger partial charge < -0.3 is 18.9 Å². The van der Waals surface area contributed by atoms with Gasteiger partial charge in [-0.15, -0.1) is 0 Å². The van der Waals surface area contributed by atoms with Crippen molar-refractivity contribution in [2.75, 3.05) is 27.4 Å². The van der Waals surface area contributed by atoms with Gasteiger partial charge in [0.15, 0.2) is 6.10 Å². The monoisotopic (exact) mass is 230 g/mol. The minimum absolute atomic E-state index is 0.0675. The molecule has 0 N–H and O–H groups in total. The summed E-state index contributed by atoms with van der Waals surface area (Å²) in [5.41, 5.74) is 0.0798. The van der Waals surface area contributed by atoms with Gasteiger partial charge >= 0.3 is 11.9 Å². The van der Waals surface area contributed by atoms with Crippen molar-refractivity contribution in [2.45, 2.75) is 13.0 Å². The van der Waals surface area contributed by atoms with Crippen LogP contribution in [-0.2, 0) is 28.5 Å². The number of hydrogen-bond acceptors (Lipinski definition) is 6. The van der Waals surface area contributed by atoms with Crippen LogP contribution in [-0.4, -0.2) is 45.5 Å². The molecule has 0 fully saturated rings. The molecule has 0 spiro atoms. The van der Waals surface area contributed by atoms with E-state index in [1.54, 1.807) is 6.92 Å². The van der Waals surface area contributed by atoms with Crippen LogP contribution in [0.3, 0.4) is 0 Å². The highest BCUT2D eigenvalue weighted by Gasteiger charge is 2.39. The summed E-state index contributed by atoms with van der Waals surface area (Å²) in [5.74, 6) is -0.962. The average Bonchev–Trinajstić information content (AvgIpc) is 2.71. The summed E-state index contributed by atoms with van der Waals surface area (Å²) in [4.78, 5) is 22.8. The largest absolute Gasteiger partial charge is 0.495 e. The smallest absolute Gasteiger partial charge is 0.340 e. The van der Waals surface area contributed by atoms with Crippen molar-refractivity contribution in [1.29, 1.82) is 0 Å². The SMILES string of the molecule is CCOC1=C(C(=O)OC)[C@H](C(=O)OC)OC1. The van der Waals surface area contributed by atoms with Gasteiger partial charge in [-0.25, -0.2) is 9.59 Å². The zero-order valence-corrected chi connectivity index (χ0v) is 9.44. The van der Waals surface area contributed by atoms with Gasteiger partial charge in [0.1, 0.15) is 17.9 Å². The highest BCUT2D eigenvalue weighted by Crippen LogP contribution is 2.24. The molecule has 6 nitrogen and oxygen atoms in total. The summed E-state index contributed by atoms with van der Waals surface area (Å²) < 4.78 is 19.4. The summed E-state index contributed by atoms with van der Waals surface area (Å²) in [5, 5.41) is 0. The molecule has 1 aliphatic heterocycles. The van der Waals surface area contributed by atoms with Crippen molar-refractivity contribution in [1.82, 2.24) is 0 Å². The van der Waals surface area contributed by atoms with Crippen molar-refractivity contribution in [3.8, 4) is 0 Å². The van der Waals surface area contributed by atoms with Crippen LogP contribution < -0.4 is 0 Å². The first-order chi connectivity index (χ1) is 7.65. The van der Waals surface area contributed by atoms with E-state index in [4.69, 9.17) is 9.47 Å². The van der Waals surface area contributed by atoms with Crippen LogP contribution in [0.2, 0.25) is 0 Å². The van der Waals surface area contributed by atoms with Crippen LogP contribution in [0.5, 0.6) is 0 Å². The van der Waals surface area contributed by atoms with Gasteiger partial charge in [0.25, 0.3) is 0 Å². The number of methoxy groups -OCH3 is 2. The van der Waals surface area contributed by atoms with E-state index in [2.05, 4.69) is 9.47 Å². The molecule has 16 heavy (non-hydrogen) atoms. The molecule has 0 aromatic rings. The lowest BCUT2D eigenvalue weighted by atomic mass is 10.1. The molecule has 0 unspecified atom stereocenters. The Morgan fingerprint density at radius 1 is 1.38 bits per heavy atom. The molecule has 0 aliphatic carbocycles. The lowest BCUT2D eigenvalue weighted by Gasteiger charge is -2.10. The predicted molar refractivity (Wildman–Crippen MR) is 52.4 cm³/mol. The molecular weight excluding hydrogens is 216 g/mol. The molecule has 1 atom stereocenters. The normalized spacial score (nSPS) is 19.6. The minimum Gasteiger partial charge on any atom is -0.495 e. The first-order valence-corrected chi connectivity index (χ1v) is 4.79. The van der Waals surface area contributed by atoms with Crippen molar-refractivity contribution < 1.29 is 28.5 Å². The summed E-state index contributed by atoms with van der Waals surface area (Å²) >= 11 is 0. The van der Waals surface area contributed by atoms with E-state index in [1.165, 1.54) is 14.2 Å². The number of hydrogen-bond donors (Lipinski definition) is 0. The molecule has 1 aliphatic rings. The maximum atomic E-state index is 11.5. The molecule has 1 rings (SSSR count). The molecule has 6 heteroatoms. The van der Waals surface area contributed by atoms with Gasteiger partial charge in [-0.1, -0.05) is 0 Å². The maximum Gasteiger partial charge on any atom is 0.340 e. The molecule has 0 bridgehead atoms. The summed E-state index contributed by atoms with van der Waals surface area (Å²) in [6, 6.07) is 0. The molecule has 0 saturated heterocycles. The molecule has 0 aromatic heterocycles. The summed E-state index contributed by atoms with van der Waals surface area (Å²) in [7, 11) is 2.45. The van der Waals surface area contributed by atoms with Gasteiger partial charge in [0.2, 0.25) is 0 Å². The van der Waals surface area contributed by atoms with Crippen LogP contribution in [0.4, 0.5) is 0 Å². The molecule has 0 aromatic carbocycles. The van der Waals surface area contributed by atoms with E-state index in [0.717, 1.165) is 0 Å². The molecule has 90 valence electrons. The van der Waals surface area contributed by atoms with E-state index < -0.39 is 18.0 Å². The fourth-order valence-corrected chi connectivity index (χ4v) is 1.38. The van der Waals surface area contributed by atoms with Crippen LogP contribution in [0, 0.1) is 0 Å². The summed E-state index contributed by atoms with van der Waals surface area (Å²) in [6.45, 7) is 2.22. The van der Waals surface area contributed by atoms with Crippen molar-refractivity contribution in [2.24, 2.45) is 0 Å². The topological polar surface area (TPSA) is 71.1 Å². The fourth-order valence-electron chi connectivity index (χ4n) is 1.38. The maximum absolute atomic E-state index is 11.5. The quantitative estimate of drug-likeness (QED) is 0.634. The third-order valence-electron chi connectivity index (χ3n) is 2.08. The van der Waals surface area contributed by atoms with Gasteiger partial charge in [-0.05, 0) is 6.92 Å². The van der Waals surface area contributed by atoms with Crippen LogP contribution >= 0.6 is 0 Å². The highest BCUT2D eigenvalue weighted by molar-refractivity contribution is 5.98. The van der Waals surface area contributed by atoms with Crippen molar-refractivity contribution in [3.63, 3.8) is 0 Å². The Morgan fingerprint density at radius 2 is 2.06 bits per heavy atom. The highest BCUT2D eigenvalue weighted by atomic mass is 16.6. The molecular formula is C10H14O6. The summed E-state index contributed by atoms with van der Waals surface area (Å²) in [6.07, 6.45) is -1.06. The van der Waals surface area contributed by atoms with Gasteiger partial charge in [-0.3, -0.25) is 0 Å². The van der Waals surface area contributed by atoms with E-state index in [-0.39, 0.29) is 12.2 Å². The number of rotatable bonds is 4. The van der Waals surface area contributed by atoms with E-state index >= 15 is 0 Å². The molecule has 0 radical (unpaired) electrons. The van der Waals surface area contributed by atoms with Crippen LogP contribution in [0.25, 0.3) is 0 Å². The Balaban J connectivity index is 2.97.